The van der Waals surface area contributed by atoms with Crippen LogP contribution in [0.15, 0.2) is 48.5 Å². The van der Waals surface area contributed by atoms with Gasteiger partial charge in [0.2, 0.25) is 0 Å². The molecule has 2 aromatic carbocycles. The van der Waals surface area contributed by atoms with Gasteiger partial charge in [-0.1, -0.05) is 35.9 Å². The average molecular weight is 372 g/mol. The zero-order valence-corrected chi connectivity index (χ0v) is 15.2. The van der Waals surface area contributed by atoms with Crippen LogP contribution in [0.5, 0.6) is 11.5 Å². The van der Waals surface area contributed by atoms with Crippen molar-refractivity contribution < 1.29 is 19.0 Å². The molecule has 0 saturated heterocycles. The Morgan fingerprint density at radius 1 is 1.27 bits per heavy atom. The average Bonchev–Trinajstić information content (AvgIpc) is 2.65. The number of carbonyl (C=O) groups excluding carboxylic acids is 1. The SMILES string of the molecule is COc1cc(/C=C/C(=O)O[C@H](C)c2ccccc2Cl)ccc1OCC#N. The van der Waals surface area contributed by atoms with Crippen LogP contribution in [0.1, 0.15) is 24.2 Å². The number of benzene rings is 2. The summed E-state index contributed by atoms with van der Waals surface area (Å²) in [6.45, 7) is 1.69. The molecule has 0 radical (unpaired) electrons. The monoisotopic (exact) mass is 371 g/mol. The molecule has 0 unspecified atom stereocenters. The molecular weight excluding hydrogens is 354 g/mol. The Hall–Kier alpha value is -2.97. The van der Waals surface area contributed by atoms with Crippen molar-refractivity contribution in [3.05, 3.63) is 64.7 Å². The van der Waals surface area contributed by atoms with Gasteiger partial charge in [0, 0.05) is 16.7 Å². The van der Waals surface area contributed by atoms with Crippen LogP contribution in [0.4, 0.5) is 0 Å². The van der Waals surface area contributed by atoms with E-state index in [9.17, 15) is 4.79 Å². The Bertz CT molecular complexity index is 842. The number of nitriles is 1. The molecule has 0 spiro atoms. The number of ether oxygens (including phenoxy) is 3. The van der Waals surface area contributed by atoms with E-state index in [-0.39, 0.29) is 6.61 Å². The van der Waals surface area contributed by atoms with Crippen molar-refractivity contribution in [2.45, 2.75) is 13.0 Å². The number of halogens is 1. The molecule has 5 nitrogen and oxygen atoms in total. The summed E-state index contributed by atoms with van der Waals surface area (Å²) in [7, 11) is 1.50. The molecule has 0 aromatic heterocycles. The molecule has 2 rings (SSSR count). The summed E-state index contributed by atoms with van der Waals surface area (Å²) in [6.07, 6.45) is 2.48. The molecule has 2 aromatic rings. The van der Waals surface area contributed by atoms with Crippen molar-refractivity contribution in [1.29, 1.82) is 5.26 Å². The maximum Gasteiger partial charge on any atom is 0.331 e. The Morgan fingerprint density at radius 2 is 2.04 bits per heavy atom. The van der Waals surface area contributed by atoms with Gasteiger partial charge in [-0.15, -0.1) is 0 Å². The second kappa shape index (κ2) is 9.50. The van der Waals surface area contributed by atoms with Gasteiger partial charge in [0.25, 0.3) is 0 Å². The highest BCUT2D eigenvalue weighted by Gasteiger charge is 2.12. The Morgan fingerprint density at radius 3 is 2.73 bits per heavy atom. The van der Waals surface area contributed by atoms with E-state index in [2.05, 4.69) is 0 Å². The summed E-state index contributed by atoms with van der Waals surface area (Å²) in [6, 6.07) is 14.2. The molecule has 0 amide bonds. The first-order valence-electron chi connectivity index (χ1n) is 7.86. The molecule has 134 valence electrons. The highest BCUT2D eigenvalue weighted by molar-refractivity contribution is 6.31. The zero-order chi connectivity index (χ0) is 18.9. The van der Waals surface area contributed by atoms with Gasteiger partial charge in [-0.25, -0.2) is 4.79 Å². The lowest BCUT2D eigenvalue weighted by molar-refractivity contribution is -0.142. The van der Waals surface area contributed by atoms with Gasteiger partial charge in [-0.05, 0) is 36.8 Å². The van der Waals surface area contributed by atoms with E-state index in [1.165, 1.54) is 13.2 Å². The van der Waals surface area contributed by atoms with E-state index in [0.29, 0.717) is 16.5 Å². The van der Waals surface area contributed by atoms with Crippen molar-refractivity contribution >= 4 is 23.6 Å². The first-order chi connectivity index (χ1) is 12.5. The smallest absolute Gasteiger partial charge is 0.331 e. The first-order valence-corrected chi connectivity index (χ1v) is 8.24. The standard InChI is InChI=1S/C20H18ClNO4/c1-14(16-5-3-4-6-17(16)21)26-20(23)10-8-15-7-9-18(25-12-11-22)19(13-15)24-2/h3-10,13-14H,12H2,1-2H3/b10-8+/t14-/m1/s1. The molecule has 0 aliphatic heterocycles. The van der Waals surface area contributed by atoms with E-state index in [0.717, 1.165) is 11.1 Å². The van der Waals surface area contributed by atoms with Gasteiger partial charge in [0.05, 0.1) is 7.11 Å². The van der Waals surface area contributed by atoms with Gasteiger partial charge in [0.1, 0.15) is 12.2 Å². The lowest BCUT2D eigenvalue weighted by Gasteiger charge is -2.13. The summed E-state index contributed by atoms with van der Waals surface area (Å²) in [5, 5.41) is 9.13. The fourth-order valence-electron chi connectivity index (χ4n) is 2.26. The molecular formula is C20H18ClNO4. The largest absolute Gasteiger partial charge is 0.493 e. The summed E-state index contributed by atoms with van der Waals surface area (Å²) in [5.41, 5.74) is 1.48. The van der Waals surface area contributed by atoms with Gasteiger partial charge in [-0.3, -0.25) is 0 Å². The van der Waals surface area contributed by atoms with Crippen molar-refractivity contribution in [2.24, 2.45) is 0 Å². The molecule has 0 aliphatic rings. The predicted octanol–water partition coefficient (Wildman–Crippen LogP) is 4.57. The third-order valence-electron chi connectivity index (χ3n) is 3.53. The zero-order valence-electron chi connectivity index (χ0n) is 14.4. The van der Waals surface area contributed by atoms with Crippen LogP contribution in [-0.2, 0) is 9.53 Å². The molecule has 26 heavy (non-hydrogen) atoms. The minimum Gasteiger partial charge on any atom is -0.493 e. The second-order valence-electron chi connectivity index (χ2n) is 5.29. The van der Waals surface area contributed by atoms with Crippen LogP contribution in [0, 0.1) is 11.3 Å². The molecule has 0 fully saturated rings. The summed E-state index contributed by atoms with van der Waals surface area (Å²) in [4.78, 5) is 12.0. The Kier molecular flexibility index (Phi) is 7.07. The number of hydrogen-bond acceptors (Lipinski definition) is 5. The number of carbonyl (C=O) groups is 1. The van der Waals surface area contributed by atoms with Crippen molar-refractivity contribution in [2.75, 3.05) is 13.7 Å². The number of hydrogen-bond donors (Lipinski definition) is 0. The summed E-state index contributed by atoms with van der Waals surface area (Å²) < 4.78 is 15.9. The van der Waals surface area contributed by atoms with Crippen molar-refractivity contribution in [1.82, 2.24) is 0 Å². The first kappa shape index (κ1) is 19.4. The molecule has 0 heterocycles. The van der Waals surface area contributed by atoms with E-state index < -0.39 is 12.1 Å². The van der Waals surface area contributed by atoms with Crippen LogP contribution >= 0.6 is 11.6 Å². The van der Waals surface area contributed by atoms with Crippen molar-refractivity contribution in [3.8, 4) is 17.6 Å². The lowest BCUT2D eigenvalue weighted by Crippen LogP contribution is -2.06. The summed E-state index contributed by atoms with van der Waals surface area (Å²) in [5.74, 6) is 0.447. The van der Waals surface area contributed by atoms with Gasteiger partial charge in [-0.2, -0.15) is 5.26 Å². The highest BCUT2D eigenvalue weighted by Crippen LogP contribution is 2.29. The van der Waals surface area contributed by atoms with Gasteiger partial charge < -0.3 is 14.2 Å². The second-order valence-corrected chi connectivity index (χ2v) is 5.70. The number of nitrogens with zero attached hydrogens (tertiary/aromatic N) is 1. The van der Waals surface area contributed by atoms with Crippen LogP contribution in [0.3, 0.4) is 0 Å². The lowest BCUT2D eigenvalue weighted by atomic mass is 10.1. The Labute approximate surface area is 157 Å². The minimum absolute atomic E-state index is 0.0716. The fourth-order valence-corrected chi connectivity index (χ4v) is 2.55. The normalized spacial score (nSPS) is 11.6. The van der Waals surface area contributed by atoms with Crippen LogP contribution in [-0.4, -0.2) is 19.7 Å². The molecule has 0 saturated carbocycles. The van der Waals surface area contributed by atoms with E-state index in [1.807, 2.05) is 24.3 Å². The van der Waals surface area contributed by atoms with Gasteiger partial charge in [0.15, 0.2) is 18.1 Å². The van der Waals surface area contributed by atoms with Gasteiger partial charge >= 0.3 is 5.97 Å². The van der Waals surface area contributed by atoms with Crippen molar-refractivity contribution in [3.63, 3.8) is 0 Å². The van der Waals surface area contributed by atoms with Crippen LogP contribution in [0.25, 0.3) is 6.08 Å². The van der Waals surface area contributed by atoms with E-state index in [1.54, 1.807) is 37.3 Å². The topological polar surface area (TPSA) is 68.6 Å². The minimum atomic E-state index is -0.485. The highest BCUT2D eigenvalue weighted by atomic mass is 35.5. The third kappa shape index (κ3) is 5.27. The Balaban J connectivity index is 2.03. The molecule has 1 atom stereocenters. The van der Waals surface area contributed by atoms with Crippen LogP contribution in [0.2, 0.25) is 5.02 Å². The molecule has 6 heteroatoms. The maximum atomic E-state index is 12.0. The maximum absolute atomic E-state index is 12.0. The number of rotatable bonds is 7. The molecule has 0 N–H and O–H groups in total. The summed E-state index contributed by atoms with van der Waals surface area (Å²) >= 11 is 6.10. The van der Waals surface area contributed by atoms with E-state index >= 15 is 0 Å². The van der Waals surface area contributed by atoms with E-state index in [4.69, 9.17) is 31.1 Å². The predicted molar refractivity (Wildman–Crippen MR) is 99.1 cm³/mol. The third-order valence-corrected chi connectivity index (χ3v) is 3.87. The quantitative estimate of drug-likeness (QED) is 0.526. The fraction of sp³-hybridized carbons (Fsp3) is 0.200. The molecule has 0 aliphatic carbocycles. The molecule has 0 bridgehead atoms. The number of methoxy groups -OCH3 is 1. The number of esters is 1. The van der Waals surface area contributed by atoms with Crippen LogP contribution < -0.4 is 9.47 Å².